The van der Waals surface area contributed by atoms with Gasteiger partial charge in [-0.3, -0.25) is 0 Å². The maximum atomic E-state index is 13.0. The summed E-state index contributed by atoms with van der Waals surface area (Å²) < 4.78 is 34.2. The summed E-state index contributed by atoms with van der Waals surface area (Å²) in [5.74, 6) is 0.818. The van der Waals surface area contributed by atoms with Gasteiger partial charge in [-0.1, -0.05) is 31.0 Å². The molecule has 2 aromatic rings. The molecule has 1 saturated carbocycles. The number of benzene rings is 2. The number of ether oxygens (including phenoxy) is 1. The molecule has 27 heavy (non-hydrogen) atoms. The van der Waals surface area contributed by atoms with Crippen LogP contribution in [0.5, 0.6) is 5.75 Å². The van der Waals surface area contributed by atoms with Crippen molar-refractivity contribution in [1.82, 2.24) is 4.72 Å². The van der Waals surface area contributed by atoms with Crippen LogP contribution in [-0.2, 0) is 15.4 Å². The van der Waals surface area contributed by atoms with Crippen molar-refractivity contribution in [3.8, 4) is 5.75 Å². The van der Waals surface area contributed by atoms with E-state index in [0.29, 0.717) is 11.4 Å². The van der Waals surface area contributed by atoms with Crippen LogP contribution >= 0.6 is 0 Å². The van der Waals surface area contributed by atoms with Gasteiger partial charge in [-0.05, 0) is 74.1 Å². The first-order chi connectivity index (χ1) is 12.8. The zero-order chi connectivity index (χ0) is 19.7. The van der Waals surface area contributed by atoms with Crippen LogP contribution in [0, 0.1) is 20.8 Å². The van der Waals surface area contributed by atoms with Gasteiger partial charge in [0.2, 0.25) is 10.0 Å². The van der Waals surface area contributed by atoms with Crippen LogP contribution in [0.25, 0.3) is 0 Å². The Morgan fingerprint density at radius 3 is 2.15 bits per heavy atom. The first kappa shape index (κ1) is 19.9. The maximum Gasteiger partial charge on any atom is 0.240 e. The van der Waals surface area contributed by atoms with Gasteiger partial charge in [0.25, 0.3) is 0 Å². The Hall–Kier alpha value is -1.85. The molecule has 0 saturated heterocycles. The molecule has 2 aromatic carbocycles. The van der Waals surface area contributed by atoms with Gasteiger partial charge in [0.1, 0.15) is 5.75 Å². The van der Waals surface area contributed by atoms with E-state index in [1.807, 2.05) is 39.0 Å². The minimum atomic E-state index is -3.55. The summed E-state index contributed by atoms with van der Waals surface area (Å²) in [5, 5.41) is 0. The van der Waals surface area contributed by atoms with E-state index in [1.165, 1.54) is 5.56 Å². The fourth-order valence-corrected chi connectivity index (χ4v) is 5.53. The lowest BCUT2D eigenvalue weighted by Gasteiger charge is -2.30. The molecule has 0 aliphatic heterocycles. The molecule has 0 unspecified atom stereocenters. The molecule has 0 aromatic heterocycles. The van der Waals surface area contributed by atoms with E-state index in [9.17, 15) is 8.42 Å². The molecule has 0 atom stereocenters. The number of sulfonamides is 1. The number of aryl methyl sites for hydroxylation is 3. The second kappa shape index (κ2) is 7.64. The van der Waals surface area contributed by atoms with E-state index in [4.69, 9.17) is 4.74 Å². The Morgan fingerprint density at radius 1 is 0.963 bits per heavy atom. The molecule has 0 amide bonds. The molecule has 1 fully saturated rings. The van der Waals surface area contributed by atoms with Crippen LogP contribution in [0.1, 0.15) is 47.9 Å². The number of nitrogens with one attached hydrogen (secondary N) is 1. The minimum absolute atomic E-state index is 0.146. The van der Waals surface area contributed by atoms with Gasteiger partial charge in [-0.2, -0.15) is 0 Å². The average molecular weight is 388 g/mol. The van der Waals surface area contributed by atoms with Crippen LogP contribution in [0.3, 0.4) is 0 Å². The fraction of sp³-hybridized carbons (Fsp3) is 0.455. The molecule has 0 heterocycles. The van der Waals surface area contributed by atoms with E-state index in [0.717, 1.165) is 48.1 Å². The molecular formula is C22H29NO3S. The molecule has 0 radical (unpaired) electrons. The number of hydrogen-bond acceptors (Lipinski definition) is 3. The predicted octanol–water partition coefficient (Wildman–Crippen LogP) is 4.41. The second-order valence-corrected chi connectivity index (χ2v) is 9.48. The summed E-state index contributed by atoms with van der Waals surface area (Å²) in [6.45, 7) is 6.23. The quantitative estimate of drug-likeness (QED) is 0.799. The molecule has 1 N–H and O–H groups in total. The highest BCUT2D eigenvalue weighted by Gasteiger charge is 2.37. The summed E-state index contributed by atoms with van der Waals surface area (Å²) in [7, 11) is -1.90. The van der Waals surface area contributed by atoms with Gasteiger partial charge in [-0.15, -0.1) is 0 Å². The van der Waals surface area contributed by atoms with Gasteiger partial charge < -0.3 is 4.74 Å². The average Bonchev–Trinajstić information content (AvgIpc) is 3.13. The van der Waals surface area contributed by atoms with Crippen LogP contribution in [0.4, 0.5) is 0 Å². The Balaban J connectivity index is 1.86. The maximum absolute atomic E-state index is 13.0. The molecular weight excluding hydrogens is 358 g/mol. The lowest BCUT2D eigenvalue weighted by atomic mass is 9.79. The molecule has 146 valence electrons. The Labute approximate surface area is 163 Å². The van der Waals surface area contributed by atoms with Gasteiger partial charge >= 0.3 is 0 Å². The van der Waals surface area contributed by atoms with Gasteiger partial charge in [0.15, 0.2) is 0 Å². The highest BCUT2D eigenvalue weighted by atomic mass is 32.2. The van der Waals surface area contributed by atoms with E-state index in [2.05, 4.69) is 16.9 Å². The minimum Gasteiger partial charge on any atom is -0.497 e. The van der Waals surface area contributed by atoms with E-state index < -0.39 is 10.0 Å². The Kier molecular flexibility index (Phi) is 5.63. The number of hydrogen-bond donors (Lipinski definition) is 1. The smallest absolute Gasteiger partial charge is 0.240 e. The highest BCUT2D eigenvalue weighted by Crippen LogP contribution is 2.41. The van der Waals surface area contributed by atoms with Crippen molar-refractivity contribution in [2.45, 2.75) is 56.8 Å². The second-order valence-electron chi connectivity index (χ2n) is 7.74. The van der Waals surface area contributed by atoms with Crippen molar-refractivity contribution in [2.24, 2.45) is 0 Å². The van der Waals surface area contributed by atoms with Crippen molar-refractivity contribution >= 4 is 10.0 Å². The molecule has 0 spiro atoms. The van der Waals surface area contributed by atoms with E-state index in [-0.39, 0.29) is 5.41 Å². The topological polar surface area (TPSA) is 55.4 Å². The van der Waals surface area contributed by atoms with Crippen LogP contribution in [0.15, 0.2) is 41.3 Å². The highest BCUT2D eigenvalue weighted by molar-refractivity contribution is 7.89. The van der Waals surface area contributed by atoms with Gasteiger partial charge in [-0.25, -0.2) is 13.1 Å². The fourth-order valence-electron chi connectivity index (χ4n) is 4.10. The van der Waals surface area contributed by atoms with Crippen molar-refractivity contribution < 1.29 is 13.2 Å². The molecule has 0 bridgehead atoms. The summed E-state index contributed by atoms with van der Waals surface area (Å²) in [4.78, 5) is 0.383. The third-order valence-electron chi connectivity index (χ3n) is 5.94. The summed E-state index contributed by atoms with van der Waals surface area (Å²) in [6.07, 6.45) is 4.23. The summed E-state index contributed by atoms with van der Waals surface area (Å²) >= 11 is 0. The first-order valence-corrected chi connectivity index (χ1v) is 11.0. The molecule has 3 rings (SSSR count). The van der Waals surface area contributed by atoms with Crippen molar-refractivity contribution in [3.05, 3.63) is 58.7 Å². The monoisotopic (exact) mass is 387 g/mol. The lowest BCUT2D eigenvalue weighted by Crippen LogP contribution is -2.39. The summed E-state index contributed by atoms with van der Waals surface area (Å²) in [6, 6.07) is 11.8. The molecule has 4 nitrogen and oxygen atoms in total. The predicted molar refractivity (Wildman–Crippen MR) is 109 cm³/mol. The number of rotatable bonds is 6. The van der Waals surface area contributed by atoms with Crippen LogP contribution in [0.2, 0.25) is 0 Å². The van der Waals surface area contributed by atoms with Crippen molar-refractivity contribution in [1.29, 1.82) is 0 Å². The SMILES string of the molecule is COc1ccc(C2(CNS(=O)(=O)c3cc(C)c(C)cc3C)CCCC2)cc1. The third-order valence-corrected chi connectivity index (χ3v) is 7.49. The van der Waals surface area contributed by atoms with Gasteiger partial charge in [0, 0.05) is 12.0 Å². The van der Waals surface area contributed by atoms with Crippen molar-refractivity contribution in [3.63, 3.8) is 0 Å². The van der Waals surface area contributed by atoms with E-state index in [1.54, 1.807) is 13.2 Å². The number of methoxy groups -OCH3 is 1. The summed E-state index contributed by atoms with van der Waals surface area (Å²) in [5.41, 5.74) is 3.92. The van der Waals surface area contributed by atoms with Crippen LogP contribution < -0.4 is 9.46 Å². The molecule has 5 heteroatoms. The zero-order valence-corrected chi connectivity index (χ0v) is 17.4. The third kappa shape index (κ3) is 4.04. The Morgan fingerprint density at radius 2 is 1.56 bits per heavy atom. The largest absolute Gasteiger partial charge is 0.497 e. The van der Waals surface area contributed by atoms with Crippen LogP contribution in [-0.4, -0.2) is 22.1 Å². The Bertz CT molecular complexity index is 911. The van der Waals surface area contributed by atoms with Crippen molar-refractivity contribution in [2.75, 3.05) is 13.7 Å². The first-order valence-electron chi connectivity index (χ1n) is 9.49. The van der Waals surface area contributed by atoms with Gasteiger partial charge in [0.05, 0.1) is 12.0 Å². The zero-order valence-electron chi connectivity index (χ0n) is 16.6. The lowest BCUT2D eigenvalue weighted by molar-refractivity contribution is 0.410. The molecule has 1 aliphatic rings. The standard InChI is InChI=1S/C22H29NO3S/c1-16-13-18(3)21(14-17(16)2)27(24,25)23-15-22(11-5-6-12-22)19-7-9-20(26-4)10-8-19/h7-10,13-14,23H,5-6,11-12,15H2,1-4H3. The normalized spacial score (nSPS) is 16.4. The molecule has 1 aliphatic carbocycles. The van der Waals surface area contributed by atoms with E-state index >= 15 is 0 Å².